The third kappa shape index (κ3) is 4.48. The highest BCUT2D eigenvalue weighted by Crippen LogP contribution is 2.18. The Bertz CT molecular complexity index is 820. The fourth-order valence-corrected chi connectivity index (χ4v) is 3.49. The van der Waals surface area contributed by atoms with Gasteiger partial charge in [-0.05, 0) is 62.8 Å². The van der Waals surface area contributed by atoms with E-state index in [2.05, 4.69) is 16.4 Å². The zero-order valence-corrected chi connectivity index (χ0v) is 15.0. The monoisotopic (exact) mass is 342 g/mol. The van der Waals surface area contributed by atoms with Gasteiger partial charge in [0.25, 0.3) is 5.56 Å². The van der Waals surface area contributed by atoms with Gasteiger partial charge < -0.3 is 15.0 Å². The van der Waals surface area contributed by atoms with E-state index in [4.69, 9.17) is 4.74 Å². The molecule has 1 amide bonds. The van der Waals surface area contributed by atoms with E-state index in [1.807, 2.05) is 26.0 Å². The number of fused-ring (bicyclic) bond motifs is 1. The van der Waals surface area contributed by atoms with Crippen molar-refractivity contribution in [2.45, 2.75) is 52.1 Å². The third-order valence-electron chi connectivity index (χ3n) is 4.79. The van der Waals surface area contributed by atoms with Crippen molar-refractivity contribution in [1.29, 1.82) is 0 Å². The average Bonchev–Trinajstić information content (AvgIpc) is 2.56. The summed E-state index contributed by atoms with van der Waals surface area (Å²) >= 11 is 0. The van der Waals surface area contributed by atoms with Crippen molar-refractivity contribution in [3.8, 4) is 0 Å². The van der Waals surface area contributed by atoms with Crippen LogP contribution in [0.25, 0.3) is 10.9 Å². The Morgan fingerprint density at radius 2 is 2.12 bits per heavy atom. The van der Waals surface area contributed by atoms with E-state index in [0.717, 1.165) is 47.9 Å². The second-order valence-corrected chi connectivity index (χ2v) is 6.96. The van der Waals surface area contributed by atoms with E-state index < -0.39 is 0 Å². The van der Waals surface area contributed by atoms with Gasteiger partial charge in [-0.2, -0.15) is 0 Å². The molecule has 0 saturated carbocycles. The summed E-state index contributed by atoms with van der Waals surface area (Å²) in [5.74, 6) is -0.00377. The first-order valence-electron chi connectivity index (χ1n) is 9.04. The van der Waals surface area contributed by atoms with Gasteiger partial charge in [0.05, 0.1) is 12.5 Å². The number of aromatic nitrogens is 1. The summed E-state index contributed by atoms with van der Waals surface area (Å²) in [6, 6.07) is 6.04. The summed E-state index contributed by atoms with van der Waals surface area (Å²) in [5.41, 5.74) is 3.76. The number of nitrogens with one attached hydrogen (secondary N) is 2. The summed E-state index contributed by atoms with van der Waals surface area (Å²) < 4.78 is 5.59. The van der Waals surface area contributed by atoms with Crippen LogP contribution in [-0.4, -0.2) is 30.1 Å². The lowest BCUT2D eigenvalue weighted by Gasteiger charge is -2.21. The van der Waals surface area contributed by atoms with Crippen LogP contribution >= 0.6 is 0 Å². The van der Waals surface area contributed by atoms with Gasteiger partial charge in [0, 0.05) is 29.6 Å². The number of amides is 1. The van der Waals surface area contributed by atoms with E-state index in [9.17, 15) is 9.59 Å². The quantitative estimate of drug-likeness (QED) is 0.878. The van der Waals surface area contributed by atoms with Crippen LogP contribution in [0, 0.1) is 13.8 Å². The molecular formula is C20H26N2O3. The van der Waals surface area contributed by atoms with Crippen molar-refractivity contribution in [2.24, 2.45) is 0 Å². The maximum Gasteiger partial charge on any atom is 0.251 e. The Hall–Kier alpha value is -2.14. The number of carbonyl (C=O) groups excluding carboxylic acids is 1. The maximum absolute atomic E-state index is 12.3. The lowest BCUT2D eigenvalue weighted by molar-refractivity contribution is -0.124. The summed E-state index contributed by atoms with van der Waals surface area (Å²) in [5, 5.41) is 3.96. The number of carbonyl (C=O) groups is 1. The molecule has 5 heteroatoms. The van der Waals surface area contributed by atoms with Crippen molar-refractivity contribution in [1.82, 2.24) is 10.3 Å². The summed E-state index contributed by atoms with van der Waals surface area (Å²) in [6.45, 7) is 5.28. The standard InChI is InChI=1S/C20H26N2O3/c1-13-9-14(2)17-11-15(20(24)22-18(17)10-13)6-7-21-19(23)12-16-5-3-4-8-25-16/h9-11,16H,3-8,12H2,1-2H3,(H,21,23)(H,22,24). The predicted molar refractivity (Wildman–Crippen MR) is 99.0 cm³/mol. The molecule has 1 saturated heterocycles. The van der Waals surface area contributed by atoms with Crippen LogP contribution in [0.5, 0.6) is 0 Å². The van der Waals surface area contributed by atoms with E-state index in [-0.39, 0.29) is 17.6 Å². The molecule has 0 spiro atoms. The van der Waals surface area contributed by atoms with E-state index >= 15 is 0 Å². The smallest absolute Gasteiger partial charge is 0.251 e. The SMILES string of the molecule is Cc1cc(C)c2cc(CCNC(=O)CC3CCCCO3)c(=O)[nH]c2c1. The molecule has 3 rings (SSSR count). The fourth-order valence-electron chi connectivity index (χ4n) is 3.49. The number of aryl methyl sites for hydroxylation is 2. The molecule has 5 nitrogen and oxygen atoms in total. The van der Waals surface area contributed by atoms with Crippen molar-refractivity contribution in [3.63, 3.8) is 0 Å². The Morgan fingerprint density at radius 1 is 1.28 bits per heavy atom. The molecule has 1 atom stereocenters. The molecule has 2 heterocycles. The molecule has 1 unspecified atom stereocenters. The number of pyridine rings is 1. The third-order valence-corrected chi connectivity index (χ3v) is 4.79. The largest absolute Gasteiger partial charge is 0.378 e. The highest BCUT2D eigenvalue weighted by molar-refractivity contribution is 5.83. The molecule has 2 N–H and O–H groups in total. The van der Waals surface area contributed by atoms with Crippen LogP contribution < -0.4 is 10.9 Å². The van der Waals surface area contributed by atoms with Gasteiger partial charge in [-0.3, -0.25) is 9.59 Å². The first-order chi connectivity index (χ1) is 12.0. The summed E-state index contributed by atoms with van der Waals surface area (Å²) in [6.07, 6.45) is 4.15. The molecular weight excluding hydrogens is 316 g/mol. The normalized spacial score (nSPS) is 17.6. The van der Waals surface area contributed by atoms with Crippen molar-refractivity contribution < 1.29 is 9.53 Å². The highest BCUT2D eigenvalue weighted by Gasteiger charge is 2.17. The van der Waals surface area contributed by atoms with Crippen molar-refractivity contribution in [2.75, 3.05) is 13.2 Å². The Balaban J connectivity index is 1.60. The van der Waals surface area contributed by atoms with Gasteiger partial charge in [-0.15, -0.1) is 0 Å². The van der Waals surface area contributed by atoms with Gasteiger partial charge in [-0.25, -0.2) is 0 Å². The van der Waals surface area contributed by atoms with Gasteiger partial charge in [0.2, 0.25) is 5.91 Å². The summed E-state index contributed by atoms with van der Waals surface area (Å²) in [7, 11) is 0. The topological polar surface area (TPSA) is 71.2 Å². The van der Waals surface area contributed by atoms with E-state index in [0.29, 0.717) is 24.9 Å². The molecule has 1 aromatic carbocycles. The molecule has 1 fully saturated rings. The van der Waals surface area contributed by atoms with Crippen LogP contribution in [0.2, 0.25) is 0 Å². The lowest BCUT2D eigenvalue weighted by atomic mass is 10.0. The zero-order valence-electron chi connectivity index (χ0n) is 15.0. The Morgan fingerprint density at radius 3 is 2.88 bits per heavy atom. The first kappa shape index (κ1) is 17.7. The maximum atomic E-state index is 12.3. The number of hydrogen-bond donors (Lipinski definition) is 2. The molecule has 134 valence electrons. The van der Waals surface area contributed by atoms with Crippen LogP contribution in [0.15, 0.2) is 23.0 Å². The van der Waals surface area contributed by atoms with Crippen LogP contribution in [0.1, 0.15) is 42.4 Å². The Kier molecular flexibility index (Phi) is 5.53. The zero-order chi connectivity index (χ0) is 17.8. The molecule has 1 aliphatic heterocycles. The molecule has 0 radical (unpaired) electrons. The van der Waals surface area contributed by atoms with Gasteiger partial charge >= 0.3 is 0 Å². The molecule has 1 aromatic heterocycles. The molecule has 0 bridgehead atoms. The number of hydrogen-bond acceptors (Lipinski definition) is 3. The minimum atomic E-state index is -0.0811. The highest BCUT2D eigenvalue weighted by atomic mass is 16.5. The average molecular weight is 342 g/mol. The van der Waals surface area contributed by atoms with Gasteiger partial charge in [0.1, 0.15) is 0 Å². The van der Waals surface area contributed by atoms with Gasteiger partial charge in [-0.1, -0.05) is 6.07 Å². The second-order valence-electron chi connectivity index (χ2n) is 6.96. The van der Waals surface area contributed by atoms with E-state index in [1.54, 1.807) is 0 Å². The number of benzene rings is 1. The fraction of sp³-hybridized carbons (Fsp3) is 0.500. The molecule has 2 aromatic rings. The minimum Gasteiger partial charge on any atom is -0.378 e. The van der Waals surface area contributed by atoms with Gasteiger partial charge in [0.15, 0.2) is 0 Å². The number of aromatic amines is 1. The van der Waals surface area contributed by atoms with Crippen molar-refractivity contribution >= 4 is 16.8 Å². The number of ether oxygens (including phenoxy) is 1. The summed E-state index contributed by atoms with van der Waals surface area (Å²) in [4.78, 5) is 27.2. The predicted octanol–water partition coefficient (Wildman–Crippen LogP) is 2.76. The first-order valence-corrected chi connectivity index (χ1v) is 9.04. The number of rotatable bonds is 5. The molecule has 1 aliphatic rings. The molecule has 0 aliphatic carbocycles. The van der Waals surface area contributed by atoms with E-state index in [1.165, 1.54) is 0 Å². The van der Waals surface area contributed by atoms with Crippen LogP contribution in [-0.2, 0) is 16.0 Å². The van der Waals surface area contributed by atoms with Crippen LogP contribution in [0.4, 0.5) is 0 Å². The molecule has 25 heavy (non-hydrogen) atoms. The second kappa shape index (κ2) is 7.83. The lowest BCUT2D eigenvalue weighted by Crippen LogP contribution is -2.32. The Labute approximate surface area is 147 Å². The van der Waals surface area contributed by atoms with Crippen LogP contribution in [0.3, 0.4) is 0 Å². The minimum absolute atomic E-state index is 0.00377. The van der Waals surface area contributed by atoms with Crippen molar-refractivity contribution in [3.05, 3.63) is 45.2 Å². The number of H-pyrrole nitrogens is 1.